The number of hydrogen-bond donors (Lipinski definition) is 0. The van der Waals surface area contributed by atoms with Crippen molar-refractivity contribution in [1.82, 2.24) is 0 Å². The van der Waals surface area contributed by atoms with E-state index in [9.17, 15) is 19.0 Å². The molecule has 0 amide bonds. The first kappa shape index (κ1) is 98.2. The number of phosphoric acid groups is 1. The Morgan fingerprint density at radius 1 is 0.314 bits per heavy atom. The van der Waals surface area contributed by atoms with Gasteiger partial charge in [0.1, 0.15) is 19.8 Å². The Bertz CT molecular complexity index is 2190. The zero-order valence-corrected chi connectivity index (χ0v) is 68.2. The van der Waals surface area contributed by atoms with Crippen molar-refractivity contribution in [3.63, 3.8) is 0 Å². The molecule has 0 spiro atoms. The van der Waals surface area contributed by atoms with Crippen LogP contribution in [0.1, 0.15) is 386 Å². The molecule has 0 aliphatic carbocycles. The highest BCUT2D eigenvalue weighted by Crippen LogP contribution is 2.38. The van der Waals surface area contributed by atoms with Gasteiger partial charge in [0.25, 0.3) is 7.82 Å². The number of nitrogens with zero attached hydrogens (tertiary/aromatic N) is 1. The predicted molar refractivity (Wildman–Crippen MR) is 443 cm³/mol. The van der Waals surface area contributed by atoms with E-state index in [1.807, 2.05) is 21.1 Å². The third kappa shape index (κ3) is 85.1. The van der Waals surface area contributed by atoms with E-state index in [4.69, 9.17) is 18.5 Å². The normalized spacial score (nSPS) is 13.7. The maximum absolute atomic E-state index is 12.9. The zero-order valence-electron chi connectivity index (χ0n) is 67.3. The topological polar surface area (TPSA) is 111 Å². The number of carbonyl (C=O) groups is 2. The number of esters is 2. The summed E-state index contributed by atoms with van der Waals surface area (Å²) in [5, 5.41) is 0. The first-order chi connectivity index (χ1) is 50.0. The Labute approximate surface area is 631 Å². The molecule has 0 aliphatic heterocycles. The van der Waals surface area contributed by atoms with Crippen LogP contribution in [0.25, 0.3) is 0 Å². The van der Waals surface area contributed by atoms with Gasteiger partial charge in [-0.25, -0.2) is 0 Å². The average Bonchev–Trinajstić information content (AvgIpc) is 0.916. The summed E-state index contributed by atoms with van der Waals surface area (Å²) in [6.07, 6.45) is 119. The van der Waals surface area contributed by atoms with E-state index >= 15 is 0 Å². The number of quaternary nitrogens is 1. The van der Waals surface area contributed by atoms with Crippen LogP contribution in [0.4, 0.5) is 0 Å². The van der Waals surface area contributed by atoms with Crippen molar-refractivity contribution in [3.05, 3.63) is 134 Å². The molecular formula is C92H162NO8P. The molecule has 0 heterocycles. The molecule has 0 rings (SSSR count). The van der Waals surface area contributed by atoms with Gasteiger partial charge < -0.3 is 27.9 Å². The number of unbranched alkanes of at least 4 members (excludes halogenated alkanes) is 43. The first-order valence-electron chi connectivity index (χ1n) is 42.9. The molecule has 2 unspecified atom stereocenters. The quantitative estimate of drug-likeness (QED) is 0.0195. The molecule has 2 atom stereocenters. The second kappa shape index (κ2) is 81.2. The molecule has 588 valence electrons. The van der Waals surface area contributed by atoms with Gasteiger partial charge in [0.05, 0.1) is 27.7 Å². The SMILES string of the molecule is CC/C=C\C/C=C\C/C=C\C/C=C\C/C=C\C/C=C\C/C=C\C/C=C\C/C=C\C/C=C\CCCCCCCCCCCCC(=O)OC(COC(=O)CCCCCCCCCCCCCCCCCCCCCCCCCCC/C=C\CCCCCCCCCC)COP(=O)([O-])OCC[N+](C)(C)C. The summed E-state index contributed by atoms with van der Waals surface area (Å²) >= 11 is 0. The largest absolute Gasteiger partial charge is 0.756 e. The summed E-state index contributed by atoms with van der Waals surface area (Å²) in [5.41, 5.74) is 0. The molecule has 0 aromatic carbocycles. The highest BCUT2D eigenvalue weighted by atomic mass is 31.2. The highest BCUT2D eigenvalue weighted by Gasteiger charge is 2.22. The van der Waals surface area contributed by atoms with Gasteiger partial charge in [-0.05, 0) is 116 Å². The number of rotatable bonds is 79. The number of hydrogen-bond acceptors (Lipinski definition) is 8. The molecule has 0 aromatic heterocycles. The minimum absolute atomic E-state index is 0.0352. The van der Waals surface area contributed by atoms with Crippen molar-refractivity contribution in [2.75, 3.05) is 47.5 Å². The molecule has 0 radical (unpaired) electrons. The van der Waals surface area contributed by atoms with Crippen molar-refractivity contribution in [3.8, 4) is 0 Å². The predicted octanol–water partition coefficient (Wildman–Crippen LogP) is 28.4. The second-order valence-electron chi connectivity index (χ2n) is 29.8. The smallest absolute Gasteiger partial charge is 0.306 e. The van der Waals surface area contributed by atoms with Crippen LogP contribution in [-0.4, -0.2) is 70.0 Å². The van der Waals surface area contributed by atoms with Crippen LogP contribution < -0.4 is 4.89 Å². The maximum Gasteiger partial charge on any atom is 0.306 e. The lowest BCUT2D eigenvalue weighted by Crippen LogP contribution is -2.37. The Balaban J connectivity index is 3.97. The van der Waals surface area contributed by atoms with Gasteiger partial charge in [-0.2, -0.15) is 0 Å². The highest BCUT2D eigenvalue weighted by molar-refractivity contribution is 7.45. The van der Waals surface area contributed by atoms with Crippen LogP contribution in [0.15, 0.2) is 134 Å². The van der Waals surface area contributed by atoms with Crippen molar-refractivity contribution in [2.24, 2.45) is 0 Å². The van der Waals surface area contributed by atoms with E-state index in [-0.39, 0.29) is 32.0 Å². The maximum atomic E-state index is 12.9. The van der Waals surface area contributed by atoms with Crippen LogP contribution in [0, 0.1) is 0 Å². The Morgan fingerprint density at radius 3 is 0.843 bits per heavy atom. The number of phosphoric ester groups is 1. The molecule has 0 aromatic rings. The summed E-state index contributed by atoms with van der Waals surface area (Å²) in [6.45, 7) is 4.16. The molecule has 0 saturated heterocycles. The average molecular weight is 1440 g/mol. The van der Waals surface area contributed by atoms with E-state index in [1.165, 1.54) is 244 Å². The van der Waals surface area contributed by atoms with E-state index in [2.05, 4.69) is 148 Å². The number of carbonyl (C=O) groups excluding carboxylic acids is 2. The van der Waals surface area contributed by atoms with E-state index in [0.29, 0.717) is 17.4 Å². The fourth-order valence-electron chi connectivity index (χ4n) is 12.2. The lowest BCUT2D eigenvalue weighted by molar-refractivity contribution is -0.870. The Hall–Kier alpha value is -3.85. The van der Waals surface area contributed by atoms with Gasteiger partial charge in [-0.3, -0.25) is 14.2 Å². The third-order valence-corrected chi connectivity index (χ3v) is 19.6. The number of likely N-dealkylation sites (N-methyl/N-ethyl adjacent to an activating group) is 1. The number of allylic oxidation sites excluding steroid dienone is 22. The molecule has 10 heteroatoms. The van der Waals surface area contributed by atoms with Crippen molar-refractivity contribution < 1.29 is 42.1 Å². The monoisotopic (exact) mass is 1440 g/mol. The molecular weight excluding hydrogens is 1280 g/mol. The molecule has 0 N–H and O–H groups in total. The Morgan fingerprint density at radius 2 is 0.559 bits per heavy atom. The van der Waals surface area contributed by atoms with Crippen LogP contribution in [0.5, 0.6) is 0 Å². The van der Waals surface area contributed by atoms with Crippen LogP contribution in [0.2, 0.25) is 0 Å². The summed E-state index contributed by atoms with van der Waals surface area (Å²) in [5.74, 6) is -0.829. The summed E-state index contributed by atoms with van der Waals surface area (Å²) in [4.78, 5) is 38.2. The van der Waals surface area contributed by atoms with E-state index in [0.717, 1.165) is 109 Å². The standard InChI is InChI=1S/C92H162NO8P/c1-6-8-10-12-14-16-18-20-22-24-26-28-30-32-34-36-38-40-42-44-45-46-47-49-51-53-55-57-59-61-63-65-67-69-71-73-75-77-79-81-83-85-92(95)101-90(89-100-102(96,97)99-87-86-93(3,4)5)88-98-91(94)84-82-80-78-76-74-72-70-68-66-64-62-60-58-56-54-52-50-48-43-41-39-37-35-33-31-29-27-25-23-21-19-17-15-13-11-9-7-2/h8,10,14,16,20,22,25-28,32,34,38,40,44-45,47,49,53,55,59,61,90H,6-7,9,11-13,15,17-19,21,23-24,29-31,33,35-37,39,41-43,46,48,50-52,54,56-58,60,62-89H2,1-5H3/b10-8-,16-14-,22-20-,27-25-,28-26-,34-32-,40-38-,45-44-,49-47-,55-53-,61-59-. The molecule has 0 fully saturated rings. The minimum atomic E-state index is -4.65. The first-order valence-corrected chi connectivity index (χ1v) is 44.4. The van der Waals surface area contributed by atoms with Crippen molar-refractivity contribution in [2.45, 2.75) is 392 Å². The van der Waals surface area contributed by atoms with Crippen molar-refractivity contribution in [1.29, 1.82) is 0 Å². The lowest BCUT2D eigenvalue weighted by Gasteiger charge is -2.28. The fraction of sp³-hybridized carbons (Fsp3) is 0.739. The molecule has 102 heavy (non-hydrogen) atoms. The second-order valence-corrected chi connectivity index (χ2v) is 31.2. The van der Waals surface area contributed by atoms with Crippen LogP contribution in [-0.2, 0) is 32.7 Å². The summed E-state index contributed by atoms with van der Waals surface area (Å²) in [7, 11) is 1.17. The molecule has 0 aliphatic rings. The molecule has 9 nitrogen and oxygen atoms in total. The zero-order chi connectivity index (χ0) is 74.0. The van der Waals surface area contributed by atoms with Gasteiger partial charge in [0.15, 0.2) is 6.10 Å². The third-order valence-electron chi connectivity index (χ3n) is 18.7. The van der Waals surface area contributed by atoms with Gasteiger partial charge in [-0.15, -0.1) is 0 Å². The van der Waals surface area contributed by atoms with Crippen LogP contribution in [0.3, 0.4) is 0 Å². The van der Waals surface area contributed by atoms with E-state index < -0.39 is 26.5 Å². The van der Waals surface area contributed by atoms with E-state index in [1.54, 1.807) is 0 Å². The lowest BCUT2D eigenvalue weighted by atomic mass is 10.0. The molecule has 0 saturated carbocycles. The fourth-order valence-corrected chi connectivity index (χ4v) is 12.9. The van der Waals surface area contributed by atoms with Gasteiger partial charge in [0, 0.05) is 12.8 Å². The van der Waals surface area contributed by atoms with Crippen molar-refractivity contribution >= 4 is 19.8 Å². The van der Waals surface area contributed by atoms with Gasteiger partial charge >= 0.3 is 11.9 Å². The number of ether oxygens (including phenoxy) is 2. The molecule has 0 bridgehead atoms. The summed E-state index contributed by atoms with van der Waals surface area (Å²) in [6, 6.07) is 0. The summed E-state index contributed by atoms with van der Waals surface area (Å²) < 4.78 is 34.4. The van der Waals surface area contributed by atoms with Gasteiger partial charge in [0.2, 0.25) is 0 Å². The Kier molecular flexibility index (Phi) is 78.2. The van der Waals surface area contributed by atoms with Crippen LogP contribution >= 0.6 is 7.82 Å². The van der Waals surface area contributed by atoms with Gasteiger partial charge in [-0.1, -0.05) is 392 Å². The minimum Gasteiger partial charge on any atom is -0.756 e.